The van der Waals surface area contributed by atoms with Crippen molar-refractivity contribution in [3.63, 3.8) is 0 Å². The van der Waals surface area contributed by atoms with Crippen molar-refractivity contribution in [1.29, 1.82) is 5.26 Å². The highest BCUT2D eigenvalue weighted by Crippen LogP contribution is 2.46. The second-order valence-corrected chi connectivity index (χ2v) is 16.1. The number of hydrogen-bond acceptors (Lipinski definition) is 7. The summed E-state index contributed by atoms with van der Waals surface area (Å²) in [6.45, 7) is 13.8. The standard InChI is InChI=1S/C43H54FN5O4/c1-28-29(2)40(50)46(6)24-35(28)31-20-38(52-7)36(39(21-31)53-8)25-47-17-13-43(14-18-47)15-19-48(27-43)37-11-9-10-33-30(3)49(16-12-34(33)37)41(51)32(23-45)22-42(4,5)26-44/h9-11,20-22,24,30H,12-19,25-27H2,1-8H3. The topological polar surface area (TPSA) is 91.0 Å². The van der Waals surface area contributed by atoms with Crippen LogP contribution in [0.3, 0.4) is 0 Å². The number of nitrogens with zero attached hydrogens (tertiary/aromatic N) is 5. The molecule has 6 rings (SSSR count). The molecule has 1 unspecified atom stereocenters. The van der Waals surface area contributed by atoms with Gasteiger partial charge in [-0.1, -0.05) is 32.1 Å². The minimum absolute atomic E-state index is 0.00675. The molecule has 1 aromatic heterocycles. The van der Waals surface area contributed by atoms with Crippen LogP contribution in [-0.2, 0) is 24.8 Å². The molecule has 0 radical (unpaired) electrons. The first-order chi connectivity index (χ1) is 25.2. The highest BCUT2D eigenvalue weighted by Gasteiger charge is 2.42. The zero-order chi connectivity index (χ0) is 38.2. The molecule has 4 heterocycles. The zero-order valence-electron chi connectivity index (χ0n) is 32.6. The van der Waals surface area contributed by atoms with E-state index in [1.54, 1.807) is 44.6 Å². The van der Waals surface area contributed by atoms with E-state index in [2.05, 4.69) is 40.1 Å². The molecule has 2 fully saturated rings. The summed E-state index contributed by atoms with van der Waals surface area (Å²) in [5, 5.41) is 9.78. The van der Waals surface area contributed by atoms with Gasteiger partial charge in [0.15, 0.2) is 0 Å². The summed E-state index contributed by atoms with van der Waals surface area (Å²) in [6, 6.07) is 12.4. The lowest BCUT2D eigenvalue weighted by Crippen LogP contribution is -2.42. The molecule has 282 valence electrons. The van der Waals surface area contributed by atoms with Gasteiger partial charge in [0.2, 0.25) is 0 Å². The molecule has 10 heteroatoms. The average molecular weight is 724 g/mol. The number of carbonyl (C=O) groups excluding carboxylic acids is 1. The number of rotatable bonds is 9. The number of carbonyl (C=O) groups is 1. The number of fused-ring (bicyclic) bond motifs is 1. The number of halogens is 1. The fourth-order valence-electron chi connectivity index (χ4n) is 8.67. The van der Waals surface area contributed by atoms with E-state index in [0.717, 1.165) is 96.9 Å². The first-order valence-electron chi connectivity index (χ1n) is 18.8. The Labute approximate surface area is 313 Å². The lowest BCUT2D eigenvalue weighted by atomic mass is 9.77. The molecule has 1 spiro atoms. The summed E-state index contributed by atoms with van der Waals surface area (Å²) >= 11 is 0. The van der Waals surface area contributed by atoms with Crippen LogP contribution in [0.2, 0.25) is 0 Å². The number of allylic oxidation sites excluding steroid dienone is 1. The SMILES string of the molecule is COc1cc(-c2cn(C)c(=O)c(C)c2C)cc(OC)c1CN1CCC2(CC1)CCN(c1cccc3c1CCN(C(=O)C(C#N)=CC(C)(C)CF)C3C)C2. The second-order valence-electron chi connectivity index (χ2n) is 16.1. The van der Waals surface area contributed by atoms with E-state index in [1.807, 2.05) is 33.0 Å². The molecule has 9 nitrogen and oxygen atoms in total. The van der Waals surface area contributed by atoms with E-state index in [0.29, 0.717) is 13.0 Å². The molecule has 2 aromatic carbocycles. The second kappa shape index (κ2) is 15.0. The van der Waals surface area contributed by atoms with Crippen molar-refractivity contribution < 1.29 is 18.7 Å². The summed E-state index contributed by atoms with van der Waals surface area (Å²) < 4.78 is 27.1. The van der Waals surface area contributed by atoms with Crippen molar-refractivity contribution >= 4 is 11.6 Å². The van der Waals surface area contributed by atoms with Crippen molar-refractivity contribution in [1.82, 2.24) is 14.4 Å². The van der Waals surface area contributed by atoms with Gasteiger partial charge in [-0.25, -0.2) is 0 Å². The van der Waals surface area contributed by atoms with Gasteiger partial charge in [-0.3, -0.25) is 18.9 Å². The maximum atomic E-state index is 13.5. The third-order valence-corrected chi connectivity index (χ3v) is 12.1. The molecule has 3 aromatic rings. The van der Waals surface area contributed by atoms with Crippen molar-refractivity contribution in [2.24, 2.45) is 17.9 Å². The van der Waals surface area contributed by atoms with Gasteiger partial charge in [-0.05, 0) is 105 Å². The molecule has 0 N–H and O–H groups in total. The van der Waals surface area contributed by atoms with Crippen molar-refractivity contribution in [2.45, 2.75) is 72.9 Å². The molecular formula is C43H54FN5O4. The number of methoxy groups -OCH3 is 2. The summed E-state index contributed by atoms with van der Waals surface area (Å²) in [4.78, 5) is 32.8. The number of benzene rings is 2. The normalized spacial score (nSPS) is 18.9. The van der Waals surface area contributed by atoms with E-state index in [4.69, 9.17) is 9.47 Å². The van der Waals surface area contributed by atoms with Gasteiger partial charge >= 0.3 is 0 Å². The van der Waals surface area contributed by atoms with Crippen LogP contribution in [0.25, 0.3) is 11.1 Å². The molecule has 0 aliphatic carbocycles. The van der Waals surface area contributed by atoms with Gasteiger partial charge in [0.05, 0.1) is 32.5 Å². The van der Waals surface area contributed by atoms with Crippen LogP contribution in [0.15, 0.2) is 53.0 Å². The van der Waals surface area contributed by atoms with E-state index >= 15 is 0 Å². The molecule has 53 heavy (non-hydrogen) atoms. The fourth-order valence-corrected chi connectivity index (χ4v) is 8.67. The van der Waals surface area contributed by atoms with E-state index in [1.165, 1.54) is 17.3 Å². The lowest BCUT2D eigenvalue weighted by Gasteiger charge is -2.40. The Balaban J connectivity index is 1.14. The first kappa shape index (κ1) is 38.1. The molecule has 1 atom stereocenters. The molecule has 0 saturated carbocycles. The van der Waals surface area contributed by atoms with Crippen LogP contribution in [0.4, 0.5) is 10.1 Å². The maximum Gasteiger partial charge on any atom is 0.264 e. The average Bonchev–Trinajstić information content (AvgIpc) is 3.58. The van der Waals surface area contributed by atoms with Gasteiger partial charge in [-0.15, -0.1) is 0 Å². The third kappa shape index (κ3) is 7.33. The van der Waals surface area contributed by atoms with Crippen molar-refractivity contribution in [2.75, 3.05) is 58.5 Å². The number of pyridine rings is 1. The first-order valence-corrected chi connectivity index (χ1v) is 18.8. The highest BCUT2D eigenvalue weighted by molar-refractivity contribution is 5.97. The molecule has 1 amide bonds. The largest absolute Gasteiger partial charge is 0.496 e. The monoisotopic (exact) mass is 723 g/mol. The number of piperidine rings is 1. The molecule has 2 saturated heterocycles. The van der Waals surface area contributed by atoms with Crippen LogP contribution in [0.5, 0.6) is 11.5 Å². The minimum Gasteiger partial charge on any atom is -0.496 e. The number of aromatic nitrogens is 1. The predicted octanol–water partition coefficient (Wildman–Crippen LogP) is 7.07. The highest BCUT2D eigenvalue weighted by atomic mass is 19.1. The van der Waals surface area contributed by atoms with Gasteiger partial charge in [0.1, 0.15) is 23.1 Å². The van der Waals surface area contributed by atoms with E-state index in [9.17, 15) is 19.2 Å². The van der Waals surface area contributed by atoms with E-state index in [-0.39, 0.29) is 28.5 Å². The lowest BCUT2D eigenvalue weighted by molar-refractivity contribution is -0.129. The van der Waals surface area contributed by atoms with Crippen LogP contribution >= 0.6 is 0 Å². The number of anilines is 1. The third-order valence-electron chi connectivity index (χ3n) is 12.1. The number of likely N-dealkylation sites (tertiary alicyclic amines) is 1. The van der Waals surface area contributed by atoms with Crippen molar-refractivity contribution in [3.8, 4) is 28.7 Å². The molecule has 3 aliphatic rings. The Morgan fingerprint density at radius 1 is 1.06 bits per heavy atom. The Bertz CT molecular complexity index is 1990. The van der Waals surface area contributed by atoms with E-state index < -0.39 is 12.1 Å². The zero-order valence-corrected chi connectivity index (χ0v) is 32.6. The quantitative estimate of drug-likeness (QED) is 0.172. The minimum atomic E-state index is -0.872. The maximum absolute atomic E-state index is 13.5. The number of aryl methyl sites for hydroxylation is 1. The summed E-state index contributed by atoms with van der Waals surface area (Å²) in [5.74, 6) is 1.24. The fraction of sp³-hybridized carbons (Fsp3) is 0.512. The Kier molecular flexibility index (Phi) is 10.8. The van der Waals surface area contributed by atoms with Crippen LogP contribution in [-0.4, -0.2) is 73.9 Å². The smallest absolute Gasteiger partial charge is 0.264 e. The summed E-state index contributed by atoms with van der Waals surface area (Å²) in [5.41, 5.74) is 7.72. The van der Waals surface area contributed by atoms with Gasteiger partial charge in [0.25, 0.3) is 11.5 Å². The summed E-state index contributed by atoms with van der Waals surface area (Å²) in [6.07, 6.45) is 7.44. The molecule has 0 bridgehead atoms. The predicted molar refractivity (Wildman–Crippen MR) is 207 cm³/mol. The number of alkyl halides is 1. The van der Waals surface area contributed by atoms with Gasteiger partial charge in [0, 0.05) is 61.7 Å². The van der Waals surface area contributed by atoms with Gasteiger partial charge in [-0.2, -0.15) is 5.26 Å². The van der Waals surface area contributed by atoms with Gasteiger partial charge < -0.3 is 23.8 Å². The van der Waals surface area contributed by atoms with Crippen molar-refractivity contribution in [3.05, 3.63) is 86.3 Å². The molecular weight excluding hydrogens is 670 g/mol. The Morgan fingerprint density at radius 2 is 1.72 bits per heavy atom. The Morgan fingerprint density at radius 3 is 2.34 bits per heavy atom. The van der Waals surface area contributed by atoms with Crippen LogP contribution < -0.4 is 19.9 Å². The summed E-state index contributed by atoms with van der Waals surface area (Å²) in [7, 11) is 5.19. The number of ether oxygens (including phenoxy) is 2. The number of nitriles is 1. The number of hydrogen-bond donors (Lipinski definition) is 0. The Hall–Kier alpha value is -4.62. The molecule has 3 aliphatic heterocycles. The number of amides is 1. The van der Waals surface area contributed by atoms with Crippen LogP contribution in [0.1, 0.15) is 73.9 Å². The van der Waals surface area contributed by atoms with Crippen LogP contribution in [0, 0.1) is 36.0 Å².